The van der Waals surface area contributed by atoms with E-state index in [2.05, 4.69) is 16.0 Å². The molecule has 37 heavy (non-hydrogen) atoms. The Kier molecular flexibility index (Phi) is 10.5. The van der Waals surface area contributed by atoms with Crippen LogP contribution in [0.2, 0.25) is 0 Å². The van der Waals surface area contributed by atoms with E-state index in [0.717, 1.165) is 21.7 Å². The van der Waals surface area contributed by atoms with E-state index in [9.17, 15) is 8.42 Å². The Labute approximate surface area is 231 Å². The van der Waals surface area contributed by atoms with Crippen LogP contribution in [0.3, 0.4) is 0 Å². The summed E-state index contributed by atoms with van der Waals surface area (Å²) in [6, 6.07) is 40.2. The maximum Gasteiger partial charge on any atom is 2.00 e. The zero-order valence-electron chi connectivity index (χ0n) is 19.8. The summed E-state index contributed by atoms with van der Waals surface area (Å²) >= 11 is 0. The first-order chi connectivity index (χ1) is 17.6. The molecular weight excluding hydrogens is 571 g/mol. The summed E-state index contributed by atoms with van der Waals surface area (Å²) in [5, 5.41) is 2.82. The molecule has 0 saturated carbocycles. The maximum atomic E-state index is 12.7. The number of hydrogen-bond donors (Lipinski definition) is 0. The van der Waals surface area contributed by atoms with E-state index >= 15 is 0 Å². The quantitative estimate of drug-likeness (QED) is 0.127. The molecule has 4 nitrogen and oxygen atoms in total. The first kappa shape index (κ1) is 27.8. The molecule has 0 N–H and O–H groups in total. The van der Waals surface area contributed by atoms with Gasteiger partial charge >= 0.3 is 20.4 Å². The van der Waals surface area contributed by atoms with Crippen molar-refractivity contribution in [3.63, 3.8) is 0 Å². The van der Waals surface area contributed by atoms with Crippen molar-refractivity contribution in [2.45, 2.75) is 4.90 Å². The minimum absolute atomic E-state index is 0. The summed E-state index contributed by atoms with van der Waals surface area (Å²) in [6.07, 6.45) is 5.23. The van der Waals surface area contributed by atoms with Crippen LogP contribution in [-0.2, 0) is 30.3 Å². The Morgan fingerprint density at radius 3 is 1.86 bits per heavy atom. The van der Waals surface area contributed by atoms with Crippen molar-refractivity contribution in [2.75, 3.05) is 0 Å². The average Bonchev–Trinajstić information content (AvgIpc) is 2.96. The van der Waals surface area contributed by atoms with Crippen LogP contribution in [-0.4, -0.2) is 18.4 Å². The van der Waals surface area contributed by atoms with Gasteiger partial charge in [0.15, 0.2) is 9.84 Å². The fourth-order valence-electron chi connectivity index (χ4n) is 3.54. The zero-order valence-corrected chi connectivity index (χ0v) is 22.2. The minimum atomic E-state index is -3.53. The van der Waals surface area contributed by atoms with Gasteiger partial charge in [-0.2, -0.15) is 48.0 Å². The molecule has 0 atom stereocenters. The Balaban J connectivity index is 0.000000240. The van der Waals surface area contributed by atoms with Crippen LogP contribution in [0.15, 0.2) is 145 Å². The van der Waals surface area contributed by atoms with Gasteiger partial charge in [-0.05, 0) is 35.7 Å². The van der Waals surface area contributed by atoms with Crippen molar-refractivity contribution in [3.05, 3.63) is 157 Å². The van der Waals surface area contributed by atoms with E-state index in [1.807, 2.05) is 91.0 Å². The van der Waals surface area contributed by atoms with Crippen LogP contribution >= 0.6 is 0 Å². The summed E-state index contributed by atoms with van der Waals surface area (Å²) in [5.41, 5.74) is 1.46. The molecule has 6 heteroatoms. The molecule has 0 saturated heterocycles. The molecular formula is C31H24N2O2PdS. The summed E-state index contributed by atoms with van der Waals surface area (Å²) in [5.74, 6) is 1.33. The summed E-state index contributed by atoms with van der Waals surface area (Å²) in [4.78, 5) is 8.53. The molecule has 2 aromatic heterocycles. The van der Waals surface area contributed by atoms with Crippen LogP contribution in [0.1, 0.15) is 5.56 Å². The average molecular weight is 595 g/mol. The molecule has 2 heterocycles. The van der Waals surface area contributed by atoms with E-state index in [1.54, 1.807) is 48.9 Å². The standard InChI is InChI=1S/C20H14NO2S.C6H5.C5H5N.Pd/c22-24(23,18-9-2-1-3-10-18)14-17-7-4-6-15-11-12-16-8-5-13-21-20(16)19(15)17;2*1-2-4-6-5-3-1;/h1-14H;2*1-5H;/q2*-1;;+2. The van der Waals surface area contributed by atoms with E-state index in [4.69, 9.17) is 0 Å². The SMILES string of the molecule is O=S(=O)([CH-]c1cccc2ccc3cccnc3c12)c1ccccc1.[Pd+2].[c-]1ccccc1.c1ccncc1. The van der Waals surface area contributed by atoms with Gasteiger partial charge in [-0.25, -0.2) is 8.42 Å². The third-order valence-corrected chi connectivity index (χ3v) is 6.67. The predicted molar refractivity (Wildman–Crippen MR) is 146 cm³/mol. The molecule has 6 rings (SSSR count). The van der Waals surface area contributed by atoms with Gasteiger partial charge in [0.1, 0.15) is 0 Å². The number of nitrogens with zero attached hydrogens (tertiary/aromatic N) is 2. The van der Waals surface area contributed by atoms with Gasteiger partial charge in [0.2, 0.25) is 0 Å². The third-order valence-electron chi connectivity index (χ3n) is 5.17. The number of pyridine rings is 2. The fraction of sp³-hybridized carbons (Fsp3) is 0. The molecule has 0 unspecified atom stereocenters. The van der Waals surface area contributed by atoms with Crippen LogP contribution in [0, 0.1) is 11.8 Å². The van der Waals surface area contributed by atoms with Crippen LogP contribution < -0.4 is 0 Å². The van der Waals surface area contributed by atoms with Gasteiger partial charge < -0.3 is 0 Å². The van der Waals surface area contributed by atoms with Crippen molar-refractivity contribution in [1.29, 1.82) is 0 Å². The Bertz CT molecular complexity index is 1530. The molecule has 6 aromatic rings. The second kappa shape index (κ2) is 14.1. The van der Waals surface area contributed by atoms with Crippen molar-refractivity contribution >= 4 is 31.5 Å². The second-order valence-electron chi connectivity index (χ2n) is 7.66. The van der Waals surface area contributed by atoms with Gasteiger partial charge in [-0.3, -0.25) is 9.97 Å². The van der Waals surface area contributed by atoms with Crippen LogP contribution in [0.4, 0.5) is 0 Å². The molecule has 0 spiro atoms. The number of fused-ring (bicyclic) bond motifs is 3. The van der Waals surface area contributed by atoms with Crippen LogP contribution in [0.5, 0.6) is 0 Å². The monoisotopic (exact) mass is 594 g/mol. The Morgan fingerprint density at radius 1 is 0.622 bits per heavy atom. The van der Waals surface area contributed by atoms with Gasteiger partial charge in [-0.1, -0.05) is 65.1 Å². The summed E-state index contributed by atoms with van der Waals surface area (Å²) < 4.78 is 25.4. The number of benzene rings is 4. The van der Waals surface area contributed by atoms with Crippen LogP contribution in [0.25, 0.3) is 21.7 Å². The molecule has 4 aromatic carbocycles. The molecule has 0 aliphatic heterocycles. The van der Waals surface area contributed by atoms with Gasteiger partial charge in [0.25, 0.3) is 0 Å². The molecule has 0 aliphatic rings. The van der Waals surface area contributed by atoms with Gasteiger partial charge in [0, 0.05) is 24.1 Å². The normalized spacial score (nSPS) is 10.2. The van der Waals surface area contributed by atoms with E-state index < -0.39 is 9.84 Å². The molecule has 0 aliphatic carbocycles. The van der Waals surface area contributed by atoms with E-state index in [-0.39, 0.29) is 25.3 Å². The third kappa shape index (κ3) is 7.83. The topological polar surface area (TPSA) is 59.9 Å². The minimum Gasteiger partial charge on any atom is -0.269 e. The fourth-order valence-corrected chi connectivity index (χ4v) is 4.74. The maximum absolute atomic E-state index is 12.7. The van der Waals surface area contributed by atoms with Crippen molar-refractivity contribution in [2.24, 2.45) is 0 Å². The van der Waals surface area contributed by atoms with Crippen molar-refractivity contribution in [1.82, 2.24) is 9.97 Å². The zero-order chi connectivity index (χ0) is 25.1. The largest absolute Gasteiger partial charge is 2.00 e. The molecule has 186 valence electrons. The number of aromatic nitrogens is 2. The molecule has 0 radical (unpaired) electrons. The predicted octanol–water partition coefficient (Wildman–Crippen LogP) is 6.94. The number of sulfone groups is 1. The first-order valence-electron chi connectivity index (χ1n) is 11.3. The van der Waals surface area contributed by atoms with Crippen molar-refractivity contribution < 1.29 is 28.8 Å². The van der Waals surface area contributed by atoms with E-state index in [1.165, 1.54) is 5.75 Å². The molecule has 0 bridgehead atoms. The second-order valence-corrected chi connectivity index (χ2v) is 9.46. The molecule has 0 fully saturated rings. The Morgan fingerprint density at radius 2 is 1.27 bits per heavy atom. The van der Waals surface area contributed by atoms with Gasteiger partial charge in [0.05, 0.1) is 4.90 Å². The number of rotatable bonds is 3. The molecule has 0 amide bonds. The van der Waals surface area contributed by atoms with E-state index in [0.29, 0.717) is 5.56 Å². The summed E-state index contributed by atoms with van der Waals surface area (Å²) in [6.45, 7) is 0. The first-order valence-corrected chi connectivity index (χ1v) is 12.9. The Hall–Kier alpha value is -3.82. The smallest absolute Gasteiger partial charge is 0.269 e. The number of hydrogen-bond acceptors (Lipinski definition) is 4. The van der Waals surface area contributed by atoms with Crippen molar-refractivity contribution in [3.8, 4) is 0 Å². The summed E-state index contributed by atoms with van der Waals surface area (Å²) in [7, 11) is -3.53. The van der Waals surface area contributed by atoms with Gasteiger partial charge in [-0.15, -0.1) is 6.07 Å².